The van der Waals surface area contributed by atoms with Crippen LogP contribution >= 0.6 is 0 Å². The van der Waals surface area contributed by atoms with Crippen LogP contribution in [0.4, 0.5) is 0 Å². The van der Waals surface area contributed by atoms with Gasteiger partial charge in [-0.2, -0.15) is 0 Å². The number of ether oxygens (including phenoxy) is 2. The number of allylic oxidation sites excluding steroid dienone is 3. The minimum absolute atomic E-state index is 0.0198. The zero-order valence-electron chi connectivity index (χ0n) is 22.0. The number of rotatable bonds is 8. The Balaban J connectivity index is 1.39. The van der Waals surface area contributed by atoms with E-state index >= 15 is 0 Å². The Kier molecular flexibility index (Phi) is 7.92. The first-order chi connectivity index (χ1) is 16.7. The first-order valence-corrected chi connectivity index (χ1v) is 13.1. The summed E-state index contributed by atoms with van der Waals surface area (Å²) in [7, 11) is 0. The number of aliphatic hydroxyl groups is 1. The Bertz CT molecular complexity index is 975. The number of aliphatic hydroxyl groups excluding tert-OH is 1. The van der Waals surface area contributed by atoms with Gasteiger partial charge in [0.2, 0.25) is 0 Å². The standard InChI is InChI=1S/C29H42N2O4/c1-20(2)19-35-27-21(3)22(9-10-26(27)32)11-12-29(4,5)31-17-23-7-6-8-24(25(23)18-31)28(33)30-13-15-34-16-14-30/h6-10,20-22,32H,11-19H2,1-5H3. The van der Waals surface area contributed by atoms with Crippen LogP contribution in [0.3, 0.4) is 0 Å². The third kappa shape index (κ3) is 5.75. The lowest BCUT2D eigenvalue weighted by molar-refractivity contribution is 0.0301. The van der Waals surface area contributed by atoms with Crippen LogP contribution in [0.1, 0.15) is 68.9 Å². The third-order valence-electron chi connectivity index (χ3n) is 7.84. The lowest BCUT2D eigenvalue weighted by atomic mass is 9.81. The van der Waals surface area contributed by atoms with Gasteiger partial charge in [-0.15, -0.1) is 0 Å². The summed E-state index contributed by atoms with van der Waals surface area (Å²) in [6.07, 6.45) is 5.98. The maximum Gasteiger partial charge on any atom is 0.254 e. The predicted octanol–water partition coefficient (Wildman–Crippen LogP) is 5.30. The number of carbonyl (C=O) groups excluding carboxylic acids is 1. The summed E-state index contributed by atoms with van der Waals surface area (Å²) < 4.78 is 11.4. The molecule has 2 unspecified atom stereocenters. The number of benzene rings is 1. The molecule has 1 fully saturated rings. The first-order valence-electron chi connectivity index (χ1n) is 13.1. The number of morpholine rings is 1. The molecule has 3 aliphatic rings. The van der Waals surface area contributed by atoms with Crippen molar-refractivity contribution in [3.05, 3.63) is 58.6 Å². The van der Waals surface area contributed by atoms with Crippen molar-refractivity contribution in [3.8, 4) is 0 Å². The number of fused-ring (bicyclic) bond motifs is 1. The van der Waals surface area contributed by atoms with Gasteiger partial charge in [0, 0.05) is 43.2 Å². The predicted molar refractivity (Wildman–Crippen MR) is 138 cm³/mol. The number of carbonyl (C=O) groups is 1. The van der Waals surface area contributed by atoms with E-state index in [0.29, 0.717) is 44.7 Å². The number of nitrogens with zero attached hydrogens (tertiary/aromatic N) is 2. The highest BCUT2D eigenvalue weighted by Crippen LogP contribution is 2.38. The van der Waals surface area contributed by atoms with E-state index in [1.807, 2.05) is 23.1 Å². The SMILES string of the molecule is CC(C)COC1=C(O)C=CC(CCC(C)(C)N2Cc3cccc(C(=O)N4CCOCC4)c3C2)C1C. The second-order valence-electron chi connectivity index (χ2n) is 11.3. The van der Waals surface area contributed by atoms with Crippen LogP contribution in [0.25, 0.3) is 0 Å². The zero-order chi connectivity index (χ0) is 25.2. The molecule has 1 amide bonds. The highest BCUT2D eigenvalue weighted by molar-refractivity contribution is 5.96. The van der Waals surface area contributed by atoms with Gasteiger partial charge in [0.1, 0.15) is 5.76 Å². The van der Waals surface area contributed by atoms with Gasteiger partial charge in [0.05, 0.1) is 19.8 Å². The van der Waals surface area contributed by atoms with Gasteiger partial charge in [0.25, 0.3) is 5.91 Å². The number of hydrogen-bond acceptors (Lipinski definition) is 5. The van der Waals surface area contributed by atoms with E-state index in [1.165, 1.54) is 11.1 Å². The van der Waals surface area contributed by atoms with Crippen LogP contribution < -0.4 is 0 Å². The van der Waals surface area contributed by atoms with Crippen molar-refractivity contribution in [2.24, 2.45) is 17.8 Å². The fraction of sp³-hybridized carbons (Fsp3) is 0.621. The fourth-order valence-electron chi connectivity index (χ4n) is 5.36. The normalized spacial score (nSPS) is 23.2. The van der Waals surface area contributed by atoms with E-state index in [-0.39, 0.29) is 23.1 Å². The highest BCUT2D eigenvalue weighted by Gasteiger charge is 2.36. The topological polar surface area (TPSA) is 62.2 Å². The smallest absolute Gasteiger partial charge is 0.254 e. The Morgan fingerprint density at radius 3 is 2.69 bits per heavy atom. The van der Waals surface area contributed by atoms with Crippen molar-refractivity contribution in [1.29, 1.82) is 0 Å². The Morgan fingerprint density at radius 1 is 1.23 bits per heavy atom. The summed E-state index contributed by atoms with van der Waals surface area (Å²) in [5.74, 6) is 2.03. The van der Waals surface area contributed by atoms with E-state index < -0.39 is 0 Å². The van der Waals surface area contributed by atoms with E-state index in [0.717, 1.165) is 37.3 Å². The van der Waals surface area contributed by atoms with Crippen molar-refractivity contribution < 1.29 is 19.4 Å². The monoisotopic (exact) mass is 482 g/mol. The van der Waals surface area contributed by atoms with Gasteiger partial charge < -0.3 is 19.5 Å². The van der Waals surface area contributed by atoms with Crippen molar-refractivity contribution >= 4 is 5.91 Å². The quantitative estimate of drug-likeness (QED) is 0.545. The van der Waals surface area contributed by atoms with Crippen LogP contribution in [0.15, 0.2) is 41.9 Å². The molecule has 2 aliphatic heterocycles. The molecule has 6 heteroatoms. The molecule has 2 atom stereocenters. The maximum atomic E-state index is 13.2. The van der Waals surface area contributed by atoms with Gasteiger partial charge in [-0.25, -0.2) is 0 Å². The molecule has 0 spiro atoms. The average molecular weight is 483 g/mol. The minimum Gasteiger partial charge on any atom is -0.504 e. The second-order valence-corrected chi connectivity index (χ2v) is 11.3. The lowest BCUT2D eigenvalue weighted by Crippen LogP contribution is -2.42. The van der Waals surface area contributed by atoms with Crippen LogP contribution in [-0.2, 0) is 22.6 Å². The Morgan fingerprint density at radius 2 is 1.97 bits per heavy atom. The van der Waals surface area contributed by atoms with Gasteiger partial charge in [-0.1, -0.05) is 39.0 Å². The third-order valence-corrected chi connectivity index (χ3v) is 7.84. The van der Waals surface area contributed by atoms with E-state index in [9.17, 15) is 9.90 Å². The minimum atomic E-state index is -0.0198. The van der Waals surface area contributed by atoms with Crippen molar-refractivity contribution in [2.75, 3.05) is 32.9 Å². The Labute approximate surface area is 210 Å². The summed E-state index contributed by atoms with van der Waals surface area (Å²) in [5, 5.41) is 10.4. The van der Waals surface area contributed by atoms with Crippen LogP contribution in [0.2, 0.25) is 0 Å². The summed E-state index contributed by atoms with van der Waals surface area (Å²) >= 11 is 0. The first kappa shape index (κ1) is 25.8. The fourth-order valence-corrected chi connectivity index (χ4v) is 5.36. The van der Waals surface area contributed by atoms with Crippen LogP contribution in [0.5, 0.6) is 0 Å². The van der Waals surface area contributed by atoms with E-state index in [2.05, 4.69) is 51.7 Å². The second kappa shape index (κ2) is 10.8. The molecular formula is C29H42N2O4. The summed E-state index contributed by atoms with van der Waals surface area (Å²) in [5.41, 5.74) is 3.27. The van der Waals surface area contributed by atoms with Gasteiger partial charge >= 0.3 is 0 Å². The summed E-state index contributed by atoms with van der Waals surface area (Å²) in [4.78, 5) is 17.7. The van der Waals surface area contributed by atoms with Gasteiger partial charge in [-0.3, -0.25) is 9.69 Å². The molecule has 35 heavy (non-hydrogen) atoms. The van der Waals surface area contributed by atoms with E-state index in [1.54, 1.807) is 0 Å². The molecule has 0 radical (unpaired) electrons. The largest absolute Gasteiger partial charge is 0.504 e. The van der Waals surface area contributed by atoms with Crippen LogP contribution in [0, 0.1) is 17.8 Å². The molecule has 0 aromatic heterocycles. The molecule has 1 saturated heterocycles. The molecule has 0 saturated carbocycles. The average Bonchev–Trinajstić information content (AvgIpc) is 3.29. The molecule has 2 heterocycles. The molecular weight excluding hydrogens is 440 g/mol. The molecule has 4 rings (SSSR count). The number of hydrogen-bond donors (Lipinski definition) is 1. The van der Waals surface area contributed by atoms with Crippen molar-refractivity contribution in [3.63, 3.8) is 0 Å². The van der Waals surface area contributed by atoms with Gasteiger partial charge in [0.15, 0.2) is 5.76 Å². The molecule has 1 aromatic rings. The summed E-state index contributed by atoms with van der Waals surface area (Å²) in [6, 6.07) is 6.17. The highest BCUT2D eigenvalue weighted by atomic mass is 16.5. The molecule has 1 aliphatic carbocycles. The molecule has 1 N–H and O–H groups in total. The molecule has 192 valence electrons. The molecule has 0 bridgehead atoms. The van der Waals surface area contributed by atoms with E-state index in [4.69, 9.17) is 9.47 Å². The zero-order valence-corrected chi connectivity index (χ0v) is 22.0. The lowest BCUT2D eigenvalue weighted by Gasteiger charge is -2.37. The Hall–Kier alpha value is -2.31. The van der Waals surface area contributed by atoms with Crippen LogP contribution in [-0.4, -0.2) is 59.3 Å². The van der Waals surface area contributed by atoms with Crippen molar-refractivity contribution in [2.45, 2.75) is 66.1 Å². The maximum absolute atomic E-state index is 13.2. The van der Waals surface area contributed by atoms with Gasteiger partial charge in [-0.05, 0) is 61.8 Å². The number of amides is 1. The summed E-state index contributed by atoms with van der Waals surface area (Å²) in [6.45, 7) is 15.9. The molecule has 6 nitrogen and oxygen atoms in total. The van der Waals surface area contributed by atoms with Crippen molar-refractivity contribution in [1.82, 2.24) is 9.80 Å². The molecule has 1 aromatic carbocycles.